The van der Waals surface area contributed by atoms with E-state index in [1.807, 2.05) is 0 Å². The molecule has 0 saturated heterocycles. The summed E-state index contributed by atoms with van der Waals surface area (Å²) in [6, 6.07) is 0. The number of carbonyl (C=O) groups is 1. The lowest BCUT2D eigenvalue weighted by atomic mass is 9.89. The van der Waals surface area contributed by atoms with Crippen molar-refractivity contribution in [2.75, 3.05) is 0 Å². The Hall–Kier alpha value is -1.36. The zero-order chi connectivity index (χ0) is 11.6. The van der Waals surface area contributed by atoms with Gasteiger partial charge in [0.1, 0.15) is 0 Å². The minimum absolute atomic E-state index is 0.349. The molecule has 0 aliphatic rings. The molecule has 0 fully saturated rings. The number of carboxylic acids is 1. The second-order valence-corrected chi connectivity index (χ2v) is 3.86. The number of nitrogens with zero attached hydrogens (tertiary/aromatic N) is 2. The molecule has 3 atom stereocenters. The average molecular weight is 212 g/mol. The first-order valence-corrected chi connectivity index (χ1v) is 4.82. The van der Waals surface area contributed by atoms with E-state index in [1.54, 1.807) is 38.0 Å². The molecule has 0 aliphatic heterocycles. The number of aryl methyl sites for hydroxylation is 1. The third-order valence-corrected chi connectivity index (χ3v) is 2.83. The fourth-order valence-corrected chi connectivity index (χ4v) is 1.42. The van der Waals surface area contributed by atoms with Crippen LogP contribution in [0.3, 0.4) is 0 Å². The van der Waals surface area contributed by atoms with Gasteiger partial charge in [0.2, 0.25) is 0 Å². The summed E-state index contributed by atoms with van der Waals surface area (Å²) < 4.78 is 1.69. The average Bonchev–Trinajstić information content (AvgIpc) is 2.60. The van der Waals surface area contributed by atoms with E-state index in [0.29, 0.717) is 5.69 Å². The van der Waals surface area contributed by atoms with Gasteiger partial charge in [-0.25, -0.2) is 4.98 Å². The molecule has 5 nitrogen and oxygen atoms in total. The summed E-state index contributed by atoms with van der Waals surface area (Å²) in [5.74, 6) is -1.84. The van der Waals surface area contributed by atoms with E-state index >= 15 is 0 Å². The van der Waals surface area contributed by atoms with Crippen molar-refractivity contribution >= 4 is 5.97 Å². The molecule has 3 unspecified atom stereocenters. The standard InChI is InChI=1S/C10H16N2O3/c1-6(7(2)10(14)15)9(13)8-4-11-5-12(8)3/h4-7,9,13H,1-3H3,(H,14,15). The number of aliphatic carboxylic acids is 1. The number of hydrogen-bond donors (Lipinski definition) is 2. The zero-order valence-corrected chi connectivity index (χ0v) is 9.08. The van der Waals surface area contributed by atoms with Crippen LogP contribution in [0.1, 0.15) is 25.6 Å². The van der Waals surface area contributed by atoms with Crippen molar-refractivity contribution in [3.05, 3.63) is 18.2 Å². The van der Waals surface area contributed by atoms with Crippen molar-refractivity contribution in [1.82, 2.24) is 9.55 Å². The van der Waals surface area contributed by atoms with Gasteiger partial charge in [-0.1, -0.05) is 13.8 Å². The van der Waals surface area contributed by atoms with E-state index in [0.717, 1.165) is 0 Å². The molecule has 15 heavy (non-hydrogen) atoms. The molecule has 0 spiro atoms. The number of aromatic nitrogens is 2. The summed E-state index contributed by atoms with van der Waals surface area (Å²) in [7, 11) is 1.77. The number of aliphatic hydroxyl groups excluding tert-OH is 1. The van der Waals surface area contributed by atoms with Gasteiger partial charge in [0, 0.05) is 13.0 Å². The molecule has 5 heteroatoms. The third kappa shape index (κ3) is 2.36. The molecule has 1 rings (SSSR count). The molecule has 0 radical (unpaired) electrons. The topological polar surface area (TPSA) is 75.3 Å². The van der Waals surface area contributed by atoms with Crippen LogP contribution in [0.5, 0.6) is 0 Å². The third-order valence-electron chi connectivity index (χ3n) is 2.83. The van der Waals surface area contributed by atoms with E-state index in [4.69, 9.17) is 5.11 Å². The predicted octanol–water partition coefficient (Wildman–Crippen LogP) is 0.810. The van der Waals surface area contributed by atoms with Crippen LogP contribution in [0.4, 0.5) is 0 Å². The van der Waals surface area contributed by atoms with Crippen molar-refractivity contribution in [3.63, 3.8) is 0 Å². The van der Waals surface area contributed by atoms with E-state index in [1.165, 1.54) is 0 Å². The molecule has 0 aromatic carbocycles. The number of hydrogen-bond acceptors (Lipinski definition) is 3. The lowest BCUT2D eigenvalue weighted by Gasteiger charge is -2.22. The highest BCUT2D eigenvalue weighted by molar-refractivity contribution is 5.69. The molecule has 1 aromatic rings. The van der Waals surface area contributed by atoms with Crippen molar-refractivity contribution in [1.29, 1.82) is 0 Å². The summed E-state index contributed by atoms with van der Waals surface area (Å²) in [6.07, 6.45) is 2.33. The fourth-order valence-electron chi connectivity index (χ4n) is 1.42. The van der Waals surface area contributed by atoms with Crippen molar-refractivity contribution in [3.8, 4) is 0 Å². The normalized spacial score (nSPS) is 17.1. The van der Waals surface area contributed by atoms with Crippen molar-refractivity contribution in [2.45, 2.75) is 20.0 Å². The molecule has 0 bridgehead atoms. The van der Waals surface area contributed by atoms with E-state index in [2.05, 4.69) is 4.98 Å². The molecule has 0 saturated carbocycles. The smallest absolute Gasteiger partial charge is 0.306 e. The van der Waals surface area contributed by atoms with Crippen LogP contribution in [0.15, 0.2) is 12.5 Å². The summed E-state index contributed by atoms with van der Waals surface area (Å²) in [5.41, 5.74) is 0.635. The largest absolute Gasteiger partial charge is 0.481 e. The highest BCUT2D eigenvalue weighted by atomic mass is 16.4. The van der Waals surface area contributed by atoms with Crippen LogP contribution in [-0.4, -0.2) is 25.7 Å². The molecular formula is C10H16N2O3. The summed E-state index contributed by atoms with van der Waals surface area (Å²) >= 11 is 0. The van der Waals surface area contributed by atoms with Gasteiger partial charge in [0.25, 0.3) is 0 Å². The Balaban J connectivity index is 2.81. The quantitative estimate of drug-likeness (QED) is 0.774. The van der Waals surface area contributed by atoms with Crippen LogP contribution in [-0.2, 0) is 11.8 Å². The fraction of sp³-hybridized carbons (Fsp3) is 0.600. The van der Waals surface area contributed by atoms with Gasteiger partial charge in [-0.05, 0) is 0 Å². The van der Waals surface area contributed by atoms with Crippen LogP contribution in [0.25, 0.3) is 0 Å². The second-order valence-electron chi connectivity index (χ2n) is 3.86. The first kappa shape index (κ1) is 11.7. The van der Waals surface area contributed by atoms with Gasteiger partial charge in [-0.3, -0.25) is 4.79 Å². The minimum atomic E-state index is -0.899. The maximum atomic E-state index is 10.8. The Kier molecular flexibility index (Phi) is 3.47. The van der Waals surface area contributed by atoms with Crippen LogP contribution in [0, 0.1) is 11.8 Å². The number of imidazole rings is 1. The molecule has 0 amide bonds. The summed E-state index contributed by atoms with van der Waals surface area (Å²) in [6.45, 7) is 3.31. The Labute approximate surface area is 88.4 Å². The lowest BCUT2D eigenvalue weighted by Crippen LogP contribution is -2.24. The Bertz CT molecular complexity index is 348. The number of aliphatic hydroxyl groups is 1. The van der Waals surface area contributed by atoms with E-state index in [-0.39, 0.29) is 5.92 Å². The zero-order valence-electron chi connectivity index (χ0n) is 9.08. The van der Waals surface area contributed by atoms with E-state index in [9.17, 15) is 9.90 Å². The van der Waals surface area contributed by atoms with Gasteiger partial charge in [0.05, 0.1) is 30.2 Å². The minimum Gasteiger partial charge on any atom is -0.481 e. The number of rotatable bonds is 4. The Morgan fingerprint density at radius 3 is 2.53 bits per heavy atom. The summed E-state index contributed by atoms with van der Waals surface area (Å²) in [4.78, 5) is 14.7. The van der Waals surface area contributed by atoms with E-state index < -0.39 is 18.0 Å². The first-order valence-electron chi connectivity index (χ1n) is 4.82. The molecule has 2 N–H and O–H groups in total. The second kappa shape index (κ2) is 4.44. The van der Waals surface area contributed by atoms with Crippen LogP contribution < -0.4 is 0 Å². The highest BCUT2D eigenvalue weighted by Gasteiger charge is 2.28. The lowest BCUT2D eigenvalue weighted by molar-refractivity contribution is -0.144. The maximum absolute atomic E-state index is 10.8. The molecule has 1 heterocycles. The Morgan fingerprint density at radius 2 is 2.13 bits per heavy atom. The van der Waals surface area contributed by atoms with Crippen LogP contribution in [0.2, 0.25) is 0 Å². The van der Waals surface area contributed by atoms with Gasteiger partial charge in [-0.15, -0.1) is 0 Å². The van der Waals surface area contributed by atoms with Crippen molar-refractivity contribution in [2.24, 2.45) is 18.9 Å². The van der Waals surface area contributed by atoms with Gasteiger partial charge in [-0.2, -0.15) is 0 Å². The maximum Gasteiger partial charge on any atom is 0.306 e. The predicted molar refractivity (Wildman–Crippen MR) is 54.1 cm³/mol. The van der Waals surface area contributed by atoms with Crippen molar-refractivity contribution < 1.29 is 15.0 Å². The van der Waals surface area contributed by atoms with Crippen LogP contribution >= 0.6 is 0 Å². The first-order chi connectivity index (χ1) is 6.95. The highest BCUT2D eigenvalue weighted by Crippen LogP contribution is 2.27. The van der Waals surface area contributed by atoms with Gasteiger partial charge >= 0.3 is 5.97 Å². The molecule has 1 aromatic heterocycles. The van der Waals surface area contributed by atoms with Gasteiger partial charge < -0.3 is 14.8 Å². The SMILES string of the molecule is CC(C(=O)O)C(C)C(O)c1cncn1C. The monoisotopic (exact) mass is 212 g/mol. The summed E-state index contributed by atoms with van der Waals surface area (Å²) in [5, 5.41) is 18.8. The molecular weight excluding hydrogens is 196 g/mol. The number of carboxylic acid groups (broad SMARTS) is 1. The van der Waals surface area contributed by atoms with Gasteiger partial charge in [0.15, 0.2) is 0 Å². The molecule has 0 aliphatic carbocycles. The molecule has 84 valence electrons. The Morgan fingerprint density at radius 1 is 1.53 bits per heavy atom.